The van der Waals surface area contributed by atoms with Gasteiger partial charge in [0.1, 0.15) is 5.69 Å². The first-order chi connectivity index (χ1) is 7.75. The number of aromatic nitrogens is 1. The van der Waals surface area contributed by atoms with E-state index in [1.54, 1.807) is 12.3 Å². The van der Waals surface area contributed by atoms with Gasteiger partial charge in [0, 0.05) is 31.0 Å². The standard InChI is InChI=1S/C11H14N4O/c12-11(16)9-3-6(1-2-14-9)15-10-7-4-13-5-8(7)10/h1-3,7-8,10,13H,4-5H2,(H2,12,16)(H,14,15). The summed E-state index contributed by atoms with van der Waals surface area (Å²) in [7, 11) is 0. The molecule has 84 valence electrons. The third-order valence-corrected chi connectivity index (χ3v) is 3.44. The molecule has 1 aromatic rings. The third-order valence-electron chi connectivity index (χ3n) is 3.44. The lowest BCUT2D eigenvalue weighted by atomic mass is 10.3. The molecule has 1 aliphatic heterocycles. The van der Waals surface area contributed by atoms with Gasteiger partial charge < -0.3 is 16.4 Å². The van der Waals surface area contributed by atoms with Crippen molar-refractivity contribution < 1.29 is 4.79 Å². The molecule has 0 radical (unpaired) electrons. The highest BCUT2D eigenvalue weighted by Crippen LogP contribution is 2.43. The number of hydrogen-bond acceptors (Lipinski definition) is 4. The van der Waals surface area contributed by atoms with Crippen molar-refractivity contribution in [3.05, 3.63) is 24.0 Å². The summed E-state index contributed by atoms with van der Waals surface area (Å²) in [5.74, 6) is 0.997. The molecule has 1 aliphatic carbocycles. The molecule has 1 aromatic heterocycles. The summed E-state index contributed by atoms with van der Waals surface area (Å²) in [6.45, 7) is 2.19. The van der Waals surface area contributed by atoms with Crippen LogP contribution < -0.4 is 16.4 Å². The van der Waals surface area contributed by atoms with Crippen molar-refractivity contribution >= 4 is 11.6 Å². The molecule has 1 saturated heterocycles. The quantitative estimate of drug-likeness (QED) is 0.657. The van der Waals surface area contributed by atoms with Gasteiger partial charge in [0.15, 0.2) is 0 Å². The Hall–Kier alpha value is -1.62. The molecule has 3 rings (SSSR count). The summed E-state index contributed by atoms with van der Waals surface area (Å²) in [6, 6.07) is 4.13. The molecule has 1 amide bonds. The summed E-state index contributed by atoms with van der Waals surface area (Å²) < 4.78 is 0. The fourth-order valence-electron chi connectivity index (χ4n) is 2.48. The number of primary amides is 1. The molecule has 0 aromatic carbocycles. The largest absolute Gasteiger partial charge is 0.382 e. The second-order valence-corrected chi connectivity index (χ2v) is 4.45. The number of piperidine rings is 1. The molecule has 2 aliphatic rings. The van der Waals surface area contributed by atoms with Gasteiger partial charge >= 0.3 is 0 Å². The second-order valence-electron chi connectivity index (χ2n) is 4.45. The van der Waals surface area contributed by atoms with Crippen LogP contribution in [-0.2, 0) is 0 Å². The monoisotopic (exact) mass is 218 g/mol. The number of pyridine rings is 1. The Morgan fingerprint density at radius 3 is 2.94 bits per heavy atom. The van der Waals surface area contributed by atoms with Crippen LogP contribution in [0.2, 0.25) is 0 Å². The van der Waals surface area contributed by atoms with Gasteiger partial charge in [-0.15, -0.1) is 0 Å². The van der Waals surface area contributed by atoms with Crippen molar-refractivity contribution in [3.63, 3.8) is 0 Å². The first-order valence-corrected chi connectivity index (χ1v) is 5.49. The van der Waals surface area contributed by atoms with Crippen molar-refractivity contribution in [2.75, 3.05) is 18.4 Å². The van der Waals surface area contributed by atoms with Crippen LogP contribution in [0.4, 0.5) is 5.69 Å². The maximum Gasteiger partial charge on any atom is 0.267 e. The zero-order valence-corrected chi connectivity index (χ0v) is 8.81. The summed E-state index contributed by atoms with van der Waals surface area (Å²) in [4.78, 5) is 14.9. The fraction of sp³-hybridized carbons (Fsp3) is 0.455. The molecule has 1 saturated carbocycles. The Bertz CT molecular complexity index is 424. The van der Waals surface area contributed by atoms with E-state index in [9.17, 15) is 4.79 Å². The lowest BCUT2D eigenvalue weighted by Crippen LogP contribution is -2.21. The summed E-state index contributed by atoms with van der Waals surface area (Å²) in [5.41, 5.74) is 6.43. The highest BCUT2D eigenvalue weighted by atomic mass is 16.1. The van der Waals surface area contributed by atoms with Crippen molar-refractivity contribution in [3.8, 4) is 0 Å². The van der Waals surface area contributed by atoms with Crippen molar-refractivity contribution in [2.24, 2.45) is 17.6 Å². The van der Waals surface area contributed by atoms with Crippen LogP contribution in [0.15, 0.2) is 18.3 Å². The van der Waals surface area contributed by atoms with Gasteiger partial charge in [0.25, 0.3) is 5.91 Å². The fourth-order valence-corrected chi connectivity index (χ4v) is 2.48. The molecule has 16 heavy (non-hydrogen) atoms. The summed E-state index contributed by atoms with van der Waals surface area (Å²) in [6.07, 6.45) is 1.61. The summed E-state index contributed by atoms with van der Waals surface area (Å²) in [5, 5.41) is 6.77. The Kier molecular flexibility index (Phi) is 2.07. The SMILES string of the molecule is NC(=O)c1cc(NC2C3CNCC32)ccn1. The van der Waals surface area contributed by atoms with E-state index < -0.39 is 5.91 Å². The molecule has 5 heteroatoms. The molecule has 2 unspecified atom stereocenters. The number of carbonyl (C=O) groups is 1. The Labute approximate surface area is 93.4 Å². The van der Waals surface area contributed by atoms with Gasteiger partial charge in [-0.1, -0.05) is 0 Å². The predicted molar refractivity (Wildman–Crippen MR) is 60.0 cm³/mol. The van der Waals surface area contributed by atoms with E-state index >= 15 is 0 Å². The maximum absolute atomic E-state index is 11.0. The number of carbonyl (C=O) groups excluding carboxylic acids is 1. The molecular weight excluding hydrogens is 204 g/mol. The van der Waals surface area contributed by atoms with Gasteiger partial charge in [-0.05, 0) is 24.0 Å². The molecule has 4 N–H and O–H groups in total. The number of amides is 1. The normalized spacial score (nSPS) is 30.9. The van der Waals surface area contributed by atoms with E-state index in [-0.39, 0.29) is 0 Å². The average molecular weight is 218 g/mol. The maximum atomic E-state index is 11.0. The number of nitrogens with two attached hydrogens (primary N) is 1. The van der Waals surface area contributed by atoms with Gasteiger partial charge in [0.05, 0.1) is 0 Å². The number of rotatable bonds is 3. The number of anilines is 1. The van der Waals surface area contributed by atoms with Crippen molar-refractivity contribution in [2.45, 2.75) is 6.04 Å². The van der Waals surface area contributed by atoms with E-state index in [4.69, 9.17) is 5.73 Å². The van der Waals surface area contributed by atoms with Crippen LogP contribution in [0.1, 0.15) is 10.5 Å². The van der Waals surface area contributed by atoms with Gasteiger partial charge in [-0.2, -0.15) is 0 Å². The topological polar surface area (TPSA) is 80.0 Å². The number of fused-ring (bicyclic) bond motifs is 1. The van der Waals surface area contributed by atoms with Crippen LogP contribution in [0, 0.1) is 11.8 Å². The van der Waals surface area contributed by atoms with Crippen LogP contribution in [-0.4, -0.2) is 30.0 Å². The van der Waals surface area contributed by atoms with Crippen LogP contribution >= 0.6 is 0 Å². The minimum absolute atomic E-state index is 0.314. The van der Waals surface area contributed by atoms with Crippen LogP contribution in [0.5, 0.6) is 0 Å². The lowest BCUT2D eigenvalue weighted by molar-refractivity contribution is 0.0995. The van der Waals surface area contributed by atoms with Gasteiger partial charge in [0.2, 0.25) is 0 Å². The molecule has 2 fully saturated rings. The van der Waals surface area contributed by atoms with Crippen molar-refractivity contribution in [1.82, 2.24) is 10.3 Å². The van der Waals surface area contributed by atoms with E-state index in [0.29, 0.717) is 11.7 Å². The zero-order chi connectivity index (χ0) is 11.1. The lowest BCUT2D eigenvalue weighted by Gasteiger charge is -2.09. The molecule has 5 nitrogen and oxygen atoms in total. The van der Waals surface area contributed by atoms with E-state index in [0.717, 1.165) is 30.6 Å². The Morgan fingerprint density at radius 1 is 1.50 bits per heavy atom. The molecule has 0 bridgehead atoms. The minimum atomic E-state index is -0.485. The molecule has 2 atom stereocenters. The van der Waals surface area contributed by atoms with Crippen molar-refractivity contribution in [1.29, 1.82) is 0 Å². The first-order valence-electron chi connectivity index (χ1n) is 5.49. The van der Waals surface area contributed by atoms with Crippen LogP contribution in [0.3, 0.4) is 0 Å². The summed E-state index contributed by atoms with van der Waals surface area (Å²) >= 11 is 0. The molecule has 2 heterocycles. The average Bonchev–Trinajstić information content (AvgIpc) is 2.75. The number of nitrogens with zero attached hydrogens (tertiary/aromatic N) is 1. The number of hydrogen-bond donors (Lipinski definition) is 3. The Morgan fingerprint density at radius 2 is 2.25 bits per heavy atom. The van der Waals surface area contributed by atoms with Crippen LogP contribution in [0.25, 0.3) is 0 Å². The first kappa shape index (κ1) is 9.59. The third kappa shape index (κ3) is 1.53. The highest BCUT2D eigenvalue weighted by Gasteiger charge is 2.52. The molecular formula is C11H14N4O. The Balaban J connectivity index is 1.71. The zero-order valence-electron chi connectivity index (χ0n) is 8.81. The minimum Gasteiger partial charge on any atom is -0.382 e. The second kappa shape index (κ2) is 3.45. The van der Waals surface area contributed by atoms with Gasteiger partial charge in [-0.25, -0.2) is 0 Å². The number of nitrogens with one attached hydrogen (secondary N) is 2. The van der Waals surface area contributed by atoms with E-state index in [1.165, 1.54) is 0 Å². The highest BCUT2D eigenvalue weighted by molar-refractivity contribution is 5.91. The van der Waals surface area contributed by atoms with E-state index in [2.05, 4.69) is 15.6 Å². The molecule has 0 spiro atoms. The van der Waals surface area contributed by atoms with Gasteiger partial charge in [-0.3, -0.25) is 9.78 Å². The smallest absolute Gasteiger partial charge is 0.267 e. The van der Waals surface area contributed by atoms with E-state index in [1.807, 2.05) is 6.07 Å². The predicted octanol–water partition coefficient (Wildman–Crippen LogP) is -0.190.